The van der Waals surface area contributed by atoms with E-state index in [4.69, 9.17) is 16.3 Å². The summed E-state index contributed by atoms with van der Waals surface area (Å²) in [7, 11) is 0. The van der Waals surface area contributed by atoms with Gasteiger partial charge in [-0.1, -0.05) is 22.9 Å². The molecule has 0 aliphatic carbocycles. The molecule has 2 aromatic rings. The van der Waals surface area contributed by atoms with Gasteiger partial charge in [-0.05, 0) is 6.92 Å². The van der Waals surface area contributed by atoms with Crippen LogP contribution in [0.25, 0.3) is 0 Å². The lowest BCUT2D eigenvalue weighted by Crippen LogP contribution is -1.92. The predicted molar refractivity (Wildman–Crippen MR) is 55.1 cm³/mol. The van der Waals surface area contributed by atoms with Gasteiger partial charge in [0.2, 0.25) is 0 Å². The molecule has 4 nitrogen and oxygen atoms in total. The van der Waals surface area contributed by atoms with E-state index in [1.807, 2.05) is 13.1 Å². The molecule has 0 saturated heterocycles. The molecular formula is C8H8ClN3OS. The van der Waals surface area contributed by atoms with Crippen molar-refractivity contribution in [1.82, 2.24) is 14.8 Å². The highest BCUT2D eigenvalue weighted by atomic mass is 35.5. The highest BCUT2D eigenvalue weighted by Gasteiger charge is 2.04. The number of thiazole rings is 1. The van der Waals surface area contributed by atoms with E-state index >= 15 is 0 Å². The van der Waals surface area contributed by atoms with Gasteiger partial charge in [0.05, 0.1) is 12.4 Å². The van der Waals surface area contributed by atoms with Crippen molar-refractivity contribution in [2.75, 3.05) is 0 Å². The lowest BCUT2D eigenvalue weighted by molar-refractivity contribution is 0.477. The second-order valence-corrected chi connectivity index (χ2v) is 3.78. The summed E-state index contributed by atoms with van der Waals surface area (Å²) >= 11 is 7.02. The fourth-order valence-electron chi connectivity index (χ4n) is 0.957. The van der Waals surface area contributed by atoms with E-state index < -0.39 is 0 Å². The Labute approximate surface area is 90.1 Å². The lowest BCUT2D eigenvalue weighted by atomic mass is 10.6. The first-order chi connectivity index (χ1) is 6.78. The van der Waals surface area contributed by atoms with E-state index in [-0.39, 0.29) is 0 Å². The average molecular weight is 230 g/mol. The summed E-state index contributed by atoms with van der Waals surface area (Å²) in [4.78, 5) is 3.97. The quantitative estimate of drug-likeness (QED) is 0.813. The van der Waals surface area contributed by atoms with Crippen molar-refractivity contribution in [3.8, 4) is 10.9 Å². The Bertz CT molecular complexity index is 426. The van der Waals surface area contributed by atoms with E-state index in [2.05, 4.69) is 10.1 Å². The molecule has 2 heterocycles. The minimum atomic E-state index is 0.452. The molecule has 0 aromatic carbocycles. The zero-order chi connectivity index (χ0) is 9.97. The molecule has 0 spiro atoms. The van der Waals surface area contributed by atoms with Crippen LogP contribution in [0.2, 0.25) is 5.15 Å². The van der Waals surface area contributed by atoms with Gasteiger partial charge in [-0.3, -0.25) is 4.68 Å². The molecule has 2 aromatic heterocycles. The molecule has 74 valence electrons. The molecule has 6 heteroatoms. The third-order valence-electron chi connectivity index (χ3n) is 1.59. The first kappa shape index (κ1) is 9.48. The predicted octanol–water partition coefficient (Wildman–Crippen LogP) is 2.81. The minimum absolute atomic E-state index is 0.452. The molecular weight excluding hydrogens is 222 g/mol. The van der Waals surface area contributed by atoms with Crippen LogP contribution < -0.4 is 4.74 Å². The van der Waals surface area contributed by atoms with E-state index in [0.717, 1.165) is 6.54 Å². The summed E-state index contributed by atoms with van der Waals surface area (Å²) in [6.45, 7) is 2.83. The van der Waals surface area contributed by atoms with Crippen LogP contribution in [0.5, 0.6) is 10.9 Å². The Morgan fingerprint density at radius 3 is 3.07 bits per heavy atom. The monoisotopic (exact) mass is 229 g/mol. The zero-order valence-corrected chi connectivity index (χ0v) is 9.05. The van der Waals surface area contributed by atoms with Crippen molar-refractivity contribution in [1.29, 1.82) is 0 Å². The first-order valence-corrected chi connectivity index (χ1v) is 5.35. The topological polar surface area (TPSA) is 39.9 Å². The van der Waals surface area contributed by atoms with Gasteiger partial charge in [0.1, 0.15) is 5.15 Å². The van der Waals surface area contributed by atoms with E-state index in [0.29, 0.717) is 16.1 Å². The molecule has 0 amide bonds. The van der Waals surface area contributed by atoms with Crippen molar-refractivity contribution < 1.29 is 4.74 Å². The largest absolute Gasteiger partial charge is 0.427 e. The highest BCUT2D eigenvalue weighted by molar-refractivity contribution is 7.11. The third kappa shape index (κ3) is 2.05. The molecule has 0 unspecified atom stereocenters. The number of nitrogens with zero attached hydrogens (tertiary/aromatic N) is 3. The van der Waals surface area contributed by atoms with E-state index in [1.54, 1.807) is 16.3 Å². The molecule has 2 rings (SSSR count). The van der Waals surface area contributed by atoms with Crippen LogP contribution in [-0.4, -0.2) is 14.8 Å². The van der Waals surface area contributed by atoms with Crippen LogP contribution in [0.15, 0.2) is 17.8 Å². The van der Waals surface area contributed by atoms with Crippen LogP contribution in [0, 0.1) is 0 Å². The van der Waals surface area contributed by atoms with Crippen molar-refractivity contribution in [3.63, 3.8) is 0 Å². The molecule has 0 aliphatic rings. The molecule has 0 aliphatic heterocycles. The number of aromatic nitrogens is 3. The maximum Gasteiger partial charge on any atom is 0.280 e. The van der Waals surface area contributed by atoms with Crippen molar-refractivity contribution in [2.45, 2.75) is 13.5 Å². The standard InChI is InChI=1S/C8H8ClN3OS/c1-2-12-4-6(3-10-12)13-8-11-7(9)5-14-8/h3-5H,2H2,1H3. The van der Waals surface area contributed by atoms with Gasteiger partial charge in [0, 0.05) is 11.9 Å². The van der Waals surface area contributed by atoms with Crippen LogP contribution >= 0.6 is 22.9 Å². The SMILES string of the molecule is CCn1cc(Oc2nc(Cl)cs2)cn1. The average Bonchev–Trinajstić information content (AvgIpc) is 2.76. The third-order valence-corrected chi connectivity index (χ3v) is 2.63. The molecule has 0 saturated carbocycles. The second-order valence-electron chi connectivity index (χ2n) is 2.57. The normalized spacial score (nSPS) is 10.4. The van der Waals surface area contributed by atoms with Crippen LogP contribution in [0.3, 0.4) is 0 Å². The van der Waals surface area contributed by atoms with Crippen LogP contribution in [0.1, 0.15) is 6.92 Å². The molecule has 0 N–H and O–H groups in total. The summed E-state index contributed by atoms with van der Waals surface area (Å²) in [6, 6.07) is 0. The van der Waals surface area contributed by atoms with E-state index in [9.17, 15) is 0 Å². The van der Waals surface area contributed by atoms with Crippen molar-refractivity contribution >= 4 is 22.9 Å². The fraction of sp³-hybridized carbons (Fsp3) is 0.250. The van der Waals surface area contributed by atoms with Gasteiger partial charge in [-0.15, -0.1) is 0 Å². The fourth-order valence-corrected chi connectivity index (χ4v) is 1.76. The summed E-state index contributed by atoms with van der Waals surface area (Å²) < 4.78 is 7.20. The van der Waals surface area contributed by atoms with Gasteiger partial charge in [0.25, 0.3) is 5.19 Å². The van der Waals surface area contributed by atoms with Gasteiger partial charge >= 0.3 is 0 Å². The molecule has 0 atom stereocenters. The molecule has 0 radical (unpaired) electrons. The van der Waals surface area contributed by atoms with Gasteiger partial charge in [0.15, 0.2) is 5.75 Å². The smallest absolute Gasteiger partial charge is 0.280 e. The second kappa shape index (κ2) is 3.98. The molecule has 14 heavy (non-hydrogen) atoms. The Morgan fingerprint density at radius 2 is 2.50 bits per heavy atom. The number of halogens is 1. The summed E-state index contributed by atoms with van der Waals surface area (Å²) in [5.41, 5.74) is 0. The van der Waals surface area contributed by atoms with Crippen LogP contribution in [0.4, 0.5) is 0 Å². The Balaban J connectivity index is 2.10. The van der Waals surface area contributed by atoms with Gasteiger partial charge in [-0.25, -0.2) is 0 Å². The van der Waals surface area contributed by atoms with Gasteiger partial charge in [-0.2, -0.15) is 10.1 Å². The minimum Gasteiger partial charge on any atom is -0.427 e. The van der Waals surface area contributed by atoms with E-state index in [1.165, 1.54) is 11.3 Å². The number of hydrogen-bond acceptors (Lipinski definition) is 4. The zero-order valence-electron chi connectivity index (χ0n) is 7.48. The maximum atomic E-state index is 5.66. The lowest BCUT2D eigenvalue weighted by Gasteiger charge is -1.95. The number of aryl methyl sites for hydroxylation is 1. The Morgan fingerprint density at radius 1 is 1.64 bits per heavy atom. The van der Waals surface area contributed by atoms with Crippen LogP contribution in [-0.2, 0) is 6.54 Å². The van der Waals surface area contributed by atoms with Gasteiger partial charge < -0.3 is 4.74 Å². The first-order valence-electron chi connectivity index (χ1n) is 4.09. The summed E-state index contributed by atoms with van der Waals surface area (Å²) in [6.07, 6.45) is 3.47. The molecule has 0 bridgehead atoms. The Kier molecular flexibility index (Phi) is 2.69. The van der Waals surface area contributed by atoms with Crippen molar-refractivity contribution in [3.05, 3.63) is 22.9 Å². The molecule has 0 fully saturated rings. The highest BCUT2D eigenvalue weighted by Crippen LogP contribution is 2.26. The number of ether oxygens (including phenoxy) is 1. The number of hydrogen-bond donors (Lipinski definition) is 0. The number of rotatable bonds is 3. The Hall–Kier alpha value is -1.07. The summed E-state index contributed by atoms with van der Waals surface area (Å²) in [5.74, 6) is 0.679. The van der Waals surface area contributed by atoms with Crippen molar-refractivity contribution in [2.24, 2.45) is 0 Å². The maximum absolute atomic E-state index is 5.66. The summed E-state index contributed by atoms with van der Waals surface area (Å²) in [5, 5.41) is 6.78.